The molecule has 0 bridgehead atoms. The van der Waals surface area contributed by atoms with Crippen LogP contribution < -0.4 is 5.32 Å². The van der Waals surface area contributed by atoms with E-state index in [9.17, 15) is 14.0 Å². The zero-order chi connectivity index (χ0) is 18.4. The SMILES string of the molecule is O=C(NC1CCN(C(=O)CSc2ccccc2F)CC1)c1ccccc1. The number of nitrogens with zero attached hydrogens (tertiary/aromatic N) is 1. The van der Waals surface area contributed by atoms with Crippen LogP contribution in [0, 0.1) is 5.82 Å². The molecule has 0 aliphatic carbocycles. The predicted molar refractivity (Wildman–Crippen MR) is 101 cm³/mol. The molecule has 0 atom stereocenters. The fraction of sp³-hybridized carbons (Fsp3) is 0.300. The second-order valence-electron chi connectivity index (χ2n) is 6.21. The molecule has 0 spiro atoms. The molecule has 1 saturated heterocycles. The molecule has 2 aromatic carbocycles. The monoisotopic (exact) mass is 372 g/mol. The fourth-order valence-corrected chi connectivity index (χ4v) is 3.77. The Bertz CT molecular complexity index is 761. The van der Waals surface area contributed by atoms with Gasteiger partial charge in [-0.05, 0) is 37.1 Å². The Kier molecular flexibility index (Phi) is 6.28. The van der Waals surface area contributed by atoms with Crippen molar-refractivity contribution in [3.8, 4) is 0 Å². The van der Waals surface area contributed by atoms with Crippen LogP contribution >= 0.6 is 11.8 Å². The van der Waals surface area contributed by atoms with Gasteiger partial charge in [0.05, 0.1) is 5.75 Å². The number of carbonyl (C=O) groups excluding carboxylic acids is 2. The Balaban J connectivity index is 1.44. The molecule has 0 aromatic heterocycles. The van der Waals surface area contributed by atoms with E-state index in [4.69, 9.17) is 0 Å². The summed E-state index contributed by atoms with van der Waals surface area (Å²) in [6.07, 6.45) is 1.46. The van der Waals surface area contributed by atoms with E-state index in [0.717, 1.165) is 12.8 Å². The van der Waals surface area contributed by atoms with E-state index in [1.807, 2.05) is 18.2 Å². The quantitative estimate of drug-likeness (QED) is 0.819. The summed E-state index contributed by atoms with van der Waals surface area (Å²) in [5.41, 5.74) is 0.646. The number of likely N-dealkylation sites (tertiary alicyclic amines) is 1. The summed E-state index contributed by atoms with van der Waals surface area (Å²) in [5, 5.41) is 3.03. The molecular formula is C20H21FN2O2S. The van der Waals surface area contributed by atoms with Gasteiger partial charge in [-0.25, -0.2) is 4.39 Å². The lowest BCUT2D eigenvalue weighted by molar-refractivity contribution is -0.129. The van der Waals surface area contributed by atoms with Gasteiger partial charge in [-0.2, -0.15) is 0 Å². The van der Waals surface area contributed by atoms with Crippen LogP contribution in [0.25, 0.3) is 0 Å². The van der Waals surface area contributed by atoms with Crippen LogP contribution in [-0.2, 0) is 4.79 Å². The van der Waals surface area contributed by atoms with Gasteiger partial charge < -0.3 is 10.2 Å². The van der Waals surface area contributed by atoms with Gasteiger partial charge in [0.1, 0.15) is 5.82 Å². The van der Waals surface area contributed by atoms with Crippen molar-refractivity contribution >= 4 is 23.6 Å². The fourth-order valence-electron chi connectivity index (χ4n) is 2.92. The lowest BCUT2D eigenvalue weighted by Gasteiger charge is -2.32. The molecule has 0 radical (unpaired) electrons. The minimum Gasteiger partial charge on any atom is -0.349 e. The van der Waals surface area contributed by atoms with E-state index >= 15 is 0 Å². The highest BCUT2D eigenvalue weighted by molar-refractivity contribution is 8.00. The first-order valence-corrected chi connectivity index (χ1v) is 9.63. The summed E-state index contributed by atoms with van der Waals surface area (Å²) < 4.78 is 13.6. The molecule has 6 heteroatoms. The zero-order valence-corrected chi connectivity index (χ0v) is 15.2. The molecule has 1 aliphatic rings. The Hall–Kier alpha value is -2.34. The average Bonchev–Trinajstić information content (AvgIpc) is 2.68. The minimum absolute atomic E-state index is 0.00564. The summed E-state index contributed by atoms with van der Waals surface area (Å²) in [6, 6.07) is 15.7. The molecule has 0 saturated carbocycles. The van der Waals surface area contributed by atoms with Crippen LogP contribution in [0.15, 0.2) is 59.5 Å². The summed E-state index contributed by atoms with van der Waals surface area (Å²) >= 11 is 1.22. The van der Waals surface area contributed by atoms with Crippen LogP contribution in [-0.4, -0.2) is 41.6 Å². The van der Waals surface area contributed by atoms with Crippen LogP contribution in [0.4, 0.5) is 4.39 Å². The van der Waals surface area contributed by atoms with Gasteiger partial charge in [-0.1, -0.05) is 30.3 Å². The lowest BCUT2D eigenvalue weighted by Crippen LogP contribution is -2.47. The van der Waals surface area contributed by atoms with Crippen molar-refractivity contribution in [2.24, 2.45) is 0 Å². The van der Waals surface area contributed by atoms with E-state index in [-0.39, 0.29) is 29.4 Å². The van der Waals surface area contributed by atoms with E-state index < -0.39 is 0 Å². The van der Waals surface area contributed by atoms with Crippen LogP contribution in [0.3, 0.4) is 0 Å². The maximum atomic E-state index is 13.6. The highest BCUT2D eigenvalue weighted by atomic mass is 32.2. The highest BCUT2D eigenvalue weighted by Gasteiger charge is 2.24. The molecule has 1 fully saturated rings. The average molecular weight is 372 g/mol. The molecule has 0 unspecified atom stereocenters. The largest absolute Gasteiger partial charge is 0.349 e. The molecule has 1 aliphatic heterocycles. The first-order valence-electron chi connectivity index (χ1n) is 8.64. The molecule has 4 nitrogen and oxygen atoms in total. The number of piperidine rings is 1. The minimum atomic E-state index is -0.298. The second-order valence-corrected chi connectivity index (χ2v) is 7.23. The van der Waals surface area contributed by atoms with Crippen molar-refractivity contribution in [2.45, 2.75) is 23.8 Å². The van der Waals surface area contributed by atoms with Crippen molar-refractivity contribution in [1.82, 2.24) is 10.2 Å². The van der Waals surface area contributed by atoms with Gasteiger partial charge >= 0.3 is 0 Å². The molecule has 3 rings (SSSR count). The summed E-state index contributed by atoms with van der Waals surface area (Å²) in [7, 11) is 0. The van der Waals surface area contributed by atoms with Crippen molar-refractivity contribution in [3.05, 3.63) is 66.0 Å². The van der Waals surface area contributed by atoms with Gasteiger partial charge in [0.15, 0.2) is 0 Å². The molecule has 2 aromatic rings. The Labute approximate surface area is 156 Å². The third-order valence-electron chi connectivity index (χ3n) is 4.41. The first kappa shape index (κ1) is 18.5. The standard InChI is InChI=1S/C20H21FN2O2S/c21-17-8-4-5-9-18(17)26-14-19(24)23-12-10-16(11-13-23)22-20(25)15-6-2-1-3-7-15/h1-9,16H,10-14H2,(H,22,25). The lowest BCUT2D eigenvalue weighted by atomic mass is 10.0. The first-order chi connectivity index (χ1) is 12.6. The van der Waals surface area contributed by atoms with Crippen LogP contribution in [0.2, 0.25) is 0 Å². The zero-order valence-electron chi connectivity index (χ0n) is 14.4. The van der Waals surface area contributed by atoms with Gasteiger partial charge in [0.2, 0.25) is 5.91 Å². The van der Waals surface area contributed by atoms with Gasteiger partial charge in [-0.15, -0.1) is 11.8 Å². The normalized spacial score (nSPS) is 14.9. The van der Waals surface area contributed by atoms with Crippen molar-refractivity contribution in [1.29, 1.82) is 0 Å². The van der Waals surface area contributed by atoms with Crippen molar-refractivity contribution < 1.29 is 14.0 Å². The Morgan fingerprint density at radius 3 is 2.38 bits per heavy atom. The number of hydrogen-bond acceptors (Lipinski definition) is 3. The number of amides is 2. The number of benzene rings is 2. The van der Waals surface area contributed by atoms with E-state index in [1.165, 1.54) is 17.8 Å². The second kappa shape index (κ2) is 8.85. The number of nitrogens with one attached hydrogen (secondary N) is 1. The summed E-state index contributed by atoms with van der Waals surface area (Å²) in [4.78, 5) is 26.8. The van der Waals surface area contributed by atoms with Crippen LogP contribution in [0.5, 0.6) is 0 Å². The number of thioether (sulfide) groups is 1. The highest BCUT2D eigenvalue weighted by Crippen LogP contribution is 2.22. The Morgan fingerprint density at radius 1 is 1.04 bits per heavy atom. The number of carbonyl (C=O) groups is 2. The molecule has 1 heterocycles. The molecule has 26 heavy (non-hydrogen) atoms. The van der Waals surface area contributed by atoms with E-state index in [2.05, 4.69) is 5.32 Å². The molecule has 1 N–H and O–H groups in total. The van der Waals surface area contributed by atoms with Gasteiger partial charge in [-0.3, -0.25) is 9.59 Å². The van der Waals surface area contributed by atoms with Crippen molar-refractivity contribution in [2.75, 3.05) is 18.8 Å². The Morgan fingerprint density at radius 2 is 1.69 bits per heavy atom. The van der Waals surface area contributed by atoms with Crippen molar-refractivity contribution in [3.63, 3.8) is 0 Å². The summed E-state index contributed by atoms with van der Waals surface area (Å²) in [5.74, 6) is -0.147. The van der Waals surface area contributed by atoms with Crippen LogP contribution in [0.1, 0.15) is 23.2 Å². The molecular weight excluding hydrogens is 351 g/mol. The topological polar surface area (TPSA) is 49.4 Å². The molecule has 136 valence electrons. The molecule has 2 amide bonds. The van der Waals surface area contributed by atoms with Gasteiger partial charge in [0.25, 0.3) is 5.91 Å². The van der Waals surface area contributed by atoms with E-state index in [1.54, 1.807) is 35.2 Å². The third-order valence-corrected chi connectivity index (χ3v) is 5.44. The van der Waals surface area contributed by atoms with Gasteiger partial charge in [0, 0.05) is 29.6 Å². The number of hydrogen-bond donors (Lipinski definition) is 1. The maximum absolute atomic E-state index is 13.6. The number of rotatable bonds is 5. The van der Waals surface area contributed by atoms with E-state index in [0.29, 0.717) is 23.5 Å². The maximum Gasteiger partial charge on any atom is 0.251 e. The third kappa shape index (κ3) is 4.85. The number of halogens is 1. The summed E-state index contributed by atoms with van der Waals surface area (Å²) in [6.45, 7) is 1.22. The predicted octanol–water partition coefficient (Wildman–Crippen LogP) is 3.34. The smallest absolute Gasteiger partial charge is 0.251 e.